The first-order valence-corrected chi connectivity index (χ1v) is 6.48. The monoisotopic (exact) mass is 203 g/mol. The fourth-order valence-electron chi connectivity index (χ4n) is 1.54. The van der Waals surface area contributed by atoms with Crippen molar-refractivity contribution in [1.29, 1.82) is 0 Å². The molecule has 1 aliphatic rings. The molecule has 0 saturated carbocycles. The molecule has 1 heterocycles. The van der Waals surface area contributed by atoms with Gasteiger partial charge in [-0.3, -0.25) is 0 Å². The van der Waals surface area contributed by atoms with Crippen molar-refractivity contribution in [1.82, 2.24) is 5.32 Å². The van der Waals surface area contributed by atoms with Crippen LogP contribution in [0.5, 0.6) is 0 Å². The minimum atomic E-state index is -2.70. The van der Waals surface area contributed by atoms with Gasteiger partial charge in [0.05, 0.1) is 11.5 Å². The highest BCUT2D eigenvalue weighted by Crippen LogP contribution is 2.17. The lowest BCUT2D eigenvalue weighted by Crippen LogP contribution is -2.24. The summed E-state index contributed by atoms with van der Waals surface area (Å²) in [7, 11) is -2.70. The second kappa shape index (κ2) is 4.77. The number of rotatable bonds is 5. The highest BCUT2D eigenvalue weighted by molar-refractivity contribution is 7.91. The molecule has 1 fully saturated rings. The second-order valence-corrected chi connectivity index (χ2v) is 5.78. The smallest absolute Gasteiger partial charge is 0.150 e. The maximum atomic E-state index is 11.1. The van der Waals surface area contributed by atoms with Gasteiger partial charge in [0, 0.05) is 0 Å². The van der Waals surface area contributed by atoms with Crippen molar-refractivity contribution in [2.24, 2.45) is 5.92 Å². The third-order valence-electron chi connectivity index (χ3n) is 2.28. The summed E-state index contributed by atoms with van der Waals surface area (Å²) in [5.74, 6) is 1.07. The van der Waals surface area contributed by atoms with Gasteiger partial charge in [-0.2, -0.15) is 0 Å². The van der Waals surface area contributed by atoms with Crippen LogP contribution in [0.4, 0.5) is 0 Å². The van der Waals surface area contributed by atoms with Crippen molar-refractivity contribution in [3.8, 4) is 0 Å². The van der Waals surface area contributed by atoms with Gasteiger partial charge in [-0.25, -0.2) is 8.42 Å². The molecule has 1 N–H and O–H groups in total. The summed E-state index contributed by atoms with van der Waals surface area (Å²) < 4.78 is 22.2. The van der Waals surface area contributed by atoms with E-state index in [-0.39, 0.29) is 0 Å². The van der Waals surface area contributed by atoms with Gasteiger partial charge in [0.15, 0.2) is 9.84 Å². The Labute approximate surface area is 80.1 Å². The van der Waals surface area contributed by atoms with Gasteiger partial charge in [-0.05, 0) is 31.8 Å². The maximum Gasteiger partial charge on any atom is 0.150 e. The van der Waals surface area contributed by atoms with Gasteiger partial charge >= 0.3 is 0 Å². The molecule has 1 unspecified atom stereocenters. The Bertz CT molecular complexity index is 259. The van der Waals surface area contributed by atoms with E-state index in [1.807, 2.05) is 6.08 Å². The van der Waals surface area contributed by atoms with Gasteiger partial charge in [-0.15, -0.1) is 6.58 Å². The van der Waals surface area contributed by atoms with Gasteiger partial charge in [0.2, 0.25) is 0 Å². The molecular weight excluding hydrogens is 186 g/mol. The van der Waals surface area contributed by atoms with Crippen LogP contribution in [0.15, 0.2) is 12.7 Å². The summed E-state index contributed by atoms with van der Waals surface area (Å²) in [4.78, 5) is 0. The van der Waals surface area contributed by atoms with Gasteiger partial charge in [0.1, 0.15) is 0 Å². The second-order valence-electron chi connectivity index (χ2n) is 3.55. The minimum Gasteiger partial charge on any atom is -0.316 e. The molecule has 0 aromatic carbocycles. The average Bonchev–Trinajstić information content (AvgIpc) is 2.40. The first-order valence-electron chi connectivity index (χ1n) is 4.66. The summed E-state index contributed by atoms with van der Waals surface area (Å²) in [6.07, 6.45) is 3.63. The van der Waals surface area contributed by atoms with Crippen LogP contribution in [0.25, 0.3) is 0 Å². The van der Waals surface area contributed by atoms with E-state index in [2.05, 4.69) is 11.9 Å². The van der Waals surface area contributed by atoms with Crippen LogP contribution in [-0.4, -0.2) is 33.0 Å². The normalized spacial score (nSPS) is 26.0. The van der Waals surface area contributed by atoms with E-state index in [4.69, 9.17) is 0 Å². The average molecular weight is 203 g/mol. The molecule has 0 spiro atoms. The lowest BCUT2D eigenvalue weighted by molar-refractivity contribution is 0.525. The van der Waals surface area contributed by atoms with Crippen LogP contribution in [-0.2, 0) is 9.84 Å². The zero-order valence-electron chi connectivity index (χ0n) is 7.83. The lowest BCUT2D eigenvalue weighted by Gasteiger charge is -2.07. The Balaban J connectivity index is 2.14. The van der Waals surface area contributed by atoms with Crippen LogP contribution < -0.4 is 5.32 Å². The van der Waals surface area contributed by atoms with E-state index in [0.717, 1.165) is 25.9 Å². The molecule has 0 radical (unpaired) electrons. The van der Waals surface area contributed by atoms with Gasteiger partial charge in [-0.1, -0.05) is 6.08 Å². The van der Waals surface area contributed by atoms with Gasteiger partial charge < -0.3 is 5.32 Å². The first kappa shape index (κ1) is 10.7. The standard InChI is InChI=1S/C9H17NO2S/c1-2-3-5-10-7-9-4-6-13(11,12)8-9/h2,9-10H,1,3-8H2. The lowest BCUT2D eigenvalue weighted by atomic mass is 10.1. The molecule has 3 nitrogen and oxygen atoms in total. The van der Waals surface area contributed by atoms with Crippen LogP contribution in [0.2, 0.25) is 0 Å². The van der Waals surface area contributed by atoms with Crippen molar-refractivity contribution in [2.75, 3.05) is 24.6 Å². The highest BCUT2D eigenvalue weighted by atomic mass is 32.2. The molecule has 1 atom stereocenters. The molecule has 1 rings (SSSR count). The predicted octanol–water partition coefficient (Wildman–Crippen LogP) is 0.587. The molecule has 0 aliphatic carbocycles. The van der Waals surface area contributed by atoms with E-state index in [1.165, 1.54) is 0 Å². The van der Waals surface area contributed by atoms with E-state index in [1.54, 1.807) is 0 Å². The quantitative estimate of drug-likeness (QED) is 0.525. The molecular formula is C9H17NO2S. The van der Waals surface area contributed by atoms with E-state index in [0.29, 0.717) is 17.4 Å². The summed E-state index contributed by atoms with van der Waals surface area (Å²) in [6.45, 7) is 5.35. The Morgan fingerprint density at radius 3 is 2.85 bits per heavy atom. The zero-order chi connectivity index (χ0) is 9.73. The third-order valence-corrected chi connectivity index (χ3v) is 4.12. The van der Waals surface area contributed by atoms with Crippen LogP contribution in [0, 0.1) is 5.92 Å². The molecule has 76 valence electrons. The third kappa shape index (κ3) is 3.91. The molecule has 1 saturated heterocycles. The number of hydrogen-bond acceptors (Lipinski definition) is 3. The maximum absolute atomic E-state index is 11.1. The summed E-state index contributed by atoms with van der Waals surface area (Å²) >= 11 is 0. The van der Waals surface area contributed by atoms with Crippen LogP contribution >= 0.6 is 0 Å². The van der Waals surface area contributed by atoms with Crippen molar-refractivity contribution < 1.29 is 8.42 Å². The largest absolute Gasteiger partial charge is 0.316 e. The molecule has 0 aromatic heterocycles. The first-order chi connectivity index (χ1) is 6.14. The van der Waals surface area contributed by atoms with Gasteiger partial charge in [0.25, 0.3) is 0 Å². The fraction of sp³-hybridized carbons (Fsp3) is 0.778. The number of nitrogens with one attached hydrogen (secondary N) is 1. The highest BCUT2D eigenvalue weighted by Gasteiger charge is 2.26. The molecule has 0 aromatic rings. The molecule has 0 bridgehead atoms. The zero-order valence-corrected chi connectivity index (χ0v) is 8.65. The summed E-state index contributed by atoms with van der Waals surface area (Å²) in [6, 6.07) is 0. The SMILES string of the molecule is C=CCCNCC1CCS(=O)(=O)C1. The fourth-order valence-corrected chi connectivity index (χ4v) is 3.41. The molecule has 13 heavy (non-hydrogen) atoms. The minimum absolute atomic E-state index is 0.329. The van der Waals surface area contributed by atoms with E-state index in [9.17, 15) is 8.42 Å². The number of hydrogen-bond donors (Lipinski definition) is 1. The van der Waals surface area contributed by atoms with Crippen LogP contribution in [0.1, 0.15) is 12.8 Å². The summed E-state index contributed by atoms with van der Waals surface area (Å²) in [5.41, 5.74) is 0. The summed E-state index contributed by atoms with van der Waals surface area (Å²) in [5, 5.41) is 3.23. The topological polar surface area (TPSA) is 46.2 Å². The van der Waals surface area contributed by atoms with Crippen molar-refractivity contribution >= 4 is 9.84 Å². The van der Waals surface area contributed by atoms with Crippen molar-refractivity contribution in [2.45, 2.75) is 12.8 Å². The Morgan fingerprint density at radius 1 is 1.54 bits per heavy atom. The molecule has 1 aliphatic heterocycles. The molecule has 4 heteroatoms. The Morgan fingerprint density at radius 2 is 2.31 bits per heavy atom. The Kier molecular flexibility index (Phi) is 3.93. The van der Waals surface area contributed by atoms with Crippen molar-refractivity contribution in [3.05, 3.63) is 12.7 Å². The molecule has 0 amide bonds. The Hall–Kier alpha value is -0.350. The van der Waals surface area contributed by atoms with Crippen molar-refractivity contribution in [3.63, 3.8) is 0 Å². The predicted molar refractivity (Wildman–Crippen MR) is 54.4 cm³/mol. The van der Waals surface area contributed by atoms with E-state index >= 15 is 0 Å². The van der Waals surface area contributed by atoms with Crippen LogP contribution in [0.3, 0.4) is 0 Å². The number of sulfone groups is 1. The van der Waals surface area contributed by atoms with E-state index < -0.39 is 9.84 Å².